The van der Waals surface area contributed by atoms with Crippen molar-refractivity contribution in [2.45, 2.75) is 13.5 Å². The molecule has 2 aromatic carbocycles. The van der Waals surface area contributed by atoms with Crippen LogP contribution in [0.1, 0.15) is 18.1 Å². The molecule has 0 unspecified atom stereocenters. The van der Waals surface area contributed by atoms with Gasteiger partial charge in [-0.3, -0.25) is 10.2 Å². The highest BCUT2D eigenvalue weighted by Gasteiger charge is 1.96. The maximum atomic E-state index is 10.9. The first-order valence-electron chi connectivity index (χ1n) is 7.12. The minimum Gasteiger partial charge on any atom is -0.357 e. The Labute approximate surface area is 140 Å². The zero-order valence-electron chi connectivity index (χ0n) is 12.7. The Morgan fingerprint density at radius 2 is 1.83 bits per heavy atom. The molecule has 0 aliphatic heterocycles. The van der Waals surface area contributed by atoms with Crippen molar-refractivity contribution < 1.29 is 4.79 Å². The van der Waals surface area contributed by atoms with E-state index in [0.29, 0.717) is 11.7 Å². The van der Waals surface area contributed by atoms with Gasteiger partial charge in [0.25, 0.3) is 0 Å². The minimum atomic E-state index is -0.0945. The molecule has 3 N–H and O–H groups in total. The Kier molecular flexibility index (Phi) is 6.26. The Balaban J connectivity index is 1.77. The first kappa shape index (κ1) is 16.6. The van der Waals surface area contributed by atoms with Gasteiger partial charge in [0, 0.05) is 19.2 Å². The van der Waals surface area contributed by atoms with E-state index in [0.717, 1.165) is 16.8 Å². The van der Waals surface area contributed by atoms with Crippen LogP contribution in [-0.2, 0) is 11.3 Å². The second-order valence-corrected chi connectivity index (χ2v) is 5.25. The van der Waals surface area contributed by atoms with Gasteiger partial charge in [0.05, 0.1) is 6.21 Å². The summed E-state index contributed by atoms with van der Waals surface area (Å²) in [6, 6.07) is 17.3. The fraction of sp³-hybridized carbons (Fsp3) is 0.118. The van der Waals surface area contributed by atoms with Crippen molar-refractivity contribution in [3.8, 4) is 0 Å². The SMILES string of the molecule is CC(=O)Nc1ccc(/C=N/NC(=S)NCc2ccccc2)cc1. The summed E-state index contributed by atoms with van der Waals surface area (Å²) in [7, 11) is 0. The van der Waals surface area contributed by atoms with Crippen LogP contribution in [0.3, 0.4) is 0 Å². The largest absolute Gasteiger partial charge is 0.357 e. The molecule has 5 nitrogen and oxygen atoms in total. The number of nitrogens with one attached hydrogen (secondary N) is 3. The molecule has 118 valence electrons. The number of nitrogens with zero attached hydrogens (tertiary/aromatic N) is 1. The average molecular weight is 326 g/mol. The molecule has 0 radical (unpaired) electrons. The van der Waals surface area contributed by atoms with E-state index in [4.69, 9.17) is 12.2 Å². The third kappa shape index (κ3) is 6.27. The molecule has 0 saturated heterocycles. The number of carbonyl (C=O) groups is 1. The zero-order valence-corrected chi connectivity index (χ0v) is 13.6. The highest BCUT2D eigenvalue weighted by atomic mass is 32.1. The Bertz CT molecular complexity index is 683. The second-order valence-electron chi connectivity index (χ2n) is 4.84. The van der Waals surface area contributed by atoms with Gasteiger partial charge in [-0.1, -0.05) is 42.5 Å². The van der Waals surface area contributed by atoms with Crippen molar-refractivity contribution in [3.05, 3.63) is 65.7 Å². The summed E-state index contributed by atoms with van der Waals surface area (Å²) in [6.45, 7) is 2.12. The lowest BCUT2D eigenvalue weighted by atomic mass is 10.2. The van der Waals surface area contributed by atoms with E-state index < -0.39 is 0 Å². The van der Waals surface area contributed by atoms with Crippen LogP contribution in [0, 0.1) is 0 Å². The van der Waals surface area contributed by atoms with Crippen LogP contribution in [0.15, 0.2) is 59.7 Å². The highest BCUT2D eigenvalue weighted by Crippen LogP contribution is 2.07. The van der Waals surface area contributed by atoms with Gasteiger partial charge in [0.1, 0.15) is 0 Å². The van der Waals surface area contributed by atoms with E-state index in [1.54, 1.807) is 6.21 Å². The van der Waals surface area contributed by atoms with Gasteiger partial charge in [0.15, 0.2) is 5.11 Å². The number of hydrogen-bond donors (Lipinski definition) is 3. The first-order chi connectivity index (χ1) is 11.1. The molecule has 6 heteroatoms. The van der Waals surface area contributed by atoms with Gasteiger partial charge in [-0.05, 0) is 35.5 Å². The summed E-state index contributed by atoms with van der Waals surface area (Å²) < 4.78 is 0. The molecule has 0 aliphatic carbocycles. The maximum Gasteiger partial charge on any atom is 0.221 e. The van der Waals surface area contributed by atoms with Crippen LogP contribution in [0.2, 0.25) is 0 Å². The Morgan fingerprint density at radius 1 is 1.13 bits per heavy atom. The molecular weight excluding hydrogens is 308 g/mol. The topological polar surface area (TPSA) is 65.5 Å². The van der Waals surface area contributed by atoms with E-state index in [-0.39, 0.29) is 5.91 Å². The van der Waals surface area contributed by atoms with E-state index in [2.05, 4.69) is 21.2 Å². The van der Waals surface area contributed by atoms with Crippen molar-refractivity contribution in [3.63, 3.8) is 0 Å². The standard InChI is InChI=1S/C17H18N4OS/c1-13(22)20-16-9-7-15(8-10-16)12-19-21-17(23)18-11-14-5-3-2-4-6-14/h2-10,12H,11H2,1H3,(H,20,22)(H2,18,21,23)/b19-12+. The predicted molar refractivity (Wildman–Crippen MR) is 97.4 cm³/mol. The summed E-state index contributed by atoms with van der Waals surface area (Å²) in [4.78, 5) is 10.9. The quantitative estimate of drug-likeness (QED) is 0.449. The normalized spacial score (nSPS) is 10.3. The van der Waals surface area contributed by atoms with Crippen LogP contribution in [-0.4, -0.2) is 17.2 Å². The van der Waals surface area contributed by atoms with Gasteiger partial charge < -0.3 is 10.6 Å². The van der Waals surface area contributed by atoms with Gasteiger partial charge in [-0.2, -0.15) is 5.10 Å². The summed E-state index contributed by atoms with van der Waals surface area (Å²) >= 11 is 5.15. The summed E-state index contributed by atoms with van der Waals surface area (Å²) in [5, 5.41) is 10.3. The fourth-order valence-electron chi connectivity index (χ4n) is 1.84. The predicted octanol–water partition coefficient (Wildman–Crippen LogP) is 2.64. The van der Waals surface area contributed by atoms with Gasteiger partial charge in [0.2, 0.25) is 5.91 Å². The van der Waals surface area contributed by atoms with Crippen LogP contribution in [0.25, 0.3) is 0 Å². The lowest BCUT2D eigenvalue weighted by Gasteiger charge is -2.06. The van der Waals surface area contributed by atoms with Crippen molar-refractivity contribution in [2.75, 3.05) is 5.32 Å². The molecule has 0 saturated carbocycles. The number of carbonyl (C=O) groups excluding carboxylic acids is 1. The number of hydrogen-bond acceptors (Lipinski definition) is 3. The average Bonchev–Trinajstić information content (AvgIpc) is 2.55. The number of benzene rings is 2. The van der Waals surface area contributed by atoms with Gasteiger partial charge in [-0.15, -0.1) is 0 Å². The van der Waals surface area contributed by atoms with Gasteiger partial charge in [-0.25, -0.2) is 0 Å². The molecule has 0 aliphatic rings. The van der Waals surface area contributed by atoms with Crippen LogP contribution in [0.5, 0.6) is 0 Å². The molecule has 1 amide bonds. The molecule has 0 fully saturated rings. The van der Waals surface area contributed by atoms with Crippen molar-refractivity contribution in [1.29, 1.82) is 0 Å². The van der Waals surface area contributed by atoms with Gasteiger partial charge >= 0.3 is 0 Å². The molecule has 2 rings (SSSR count). The molecule has 23 heavy (non-hydrogen) atoms. The van der Waals surface area contributed by atoms with Crippen LogP contribution < -0.4 is 16.1 Å². The summed E-state index contributed by atoms with van der Waals surface area (Å²) in [6.07, 6.45) is 1.66. The number of amides is 1. The number of hydrazone groups is 1. The molecule has 2 aromatic rings. The van der Waals surface area contributed by atoms with Crippen LogP contribution in [0.4, 0.5) is 5.69 Å². The zero-order chi connectivity index (χ0) is 16.5. The van der Waals surface area contributed by atoms with Crippen LogP contribution >= 0.6 is 12.2 Å². The number of anilines is 1. The summed E-state index contributed by atoms with van der Waals surface area (Å²) in [5.74, 6) is -0.0945. The molecule has 0 bridgehead atoms. The monoisotopic (exact) mass is 326 g/mol. The van der Waals surface area contributed by atoms with Crippen molar-refractivity contribution in [1.82, 2.24) is 10.7 Å². The Morgan fingerprint density at radius 3 is 2.48 bits per heavy atom. The number of rotatable bonds is 5. The van der Waals surface area contributed by atoms with E-state index >= 15 is 0 Å². The smallest absolute Gasteiger partial charge is 0.221 e. The molecule has 0 aromatic heterocycles. The lowest BCUT2D eigenvalue weighted by Crippen LogP contribution is -2.31. The Hall–Kier alpha value is -2.73. The van der Waals surface area contributed by atoms with E-state index in [1.165, 1.54) is 6.92 Å². The minimum absolute atomic E-state index is 0.0945. The van der Waals surface area contributed by atoms with E-state index in [1.807, 2.05) is 54.6 Å². The first-order valence-corrected chi connectivity index (χ1v) is 7.53. The third-order valence-electron chi connectivity index (χ3n) is 2.91. The van der Waals surface area contributed by atoms with Crippen molar-refractivity contribution in [2.24, 2.45) is 5.10 Å². The third-order valence-corrected chi connectivity index (χ3v) is 3.14. The summed E-state index contributed by atoms with van der Waals surface area (Å²) in [5.41, 5.74) is 5.57. The molecule has 0 heterocycles. The van der Waals surface area contributed by atoms with E-state index in [9.17, 15) is 4.79 Å². The number of thiocarbonyl (C=S) groups is 1. The fourth-order valence-corrected chi connectivity index (χ4v) is 1.96. The van der Waals surface area contributed by atoms with Crippen molar-refractivity contribution >= 4 is 35.1 Å². The maximum absolute atomic E-state index is 10.9. The lowest BCUT2D eigenvalue weighted by molar-refractivity contribution is -0.114. The molecular formula is C17H18N4OS. The molecule has 0 spiro atoms. The molecule has 0 atom stereocenters. The second kappa shape index (κ2) is 8.65. The highest BCUT2D eigenvalue weighted by molar-refractivity contribution is 7.80.